The van der Waals surface area contributed by atoms with Gasteiger partial charge in [-0.1, -0.05) is 30.3 Å². The lowest BCUT2D eigenvalue weighted by Crippen LogP contribution is -2.16. The number of rotatable bonds is 6. The van der Waals surface area contributed by atoms with Crippen LogP contribution in [0.1, 0.15) is 39.4 Å². The maximum absolute atomic E-state index is 12.3. The van der Waals surface area contributed by atoms with Crippen molar-refractivity contribution in [2.24, 2.45) is 5.10 Å². The maximum Gasteiger partial charge on any atom is 0.307 e. The Labute approximate surface area is 179 Å². The van der Waals surface area contributed by atoms with Crippen molar-refractivity contribution in [1.82, 2.24) is 10.4 Å². The van der Waals surface area contributed by atoms with E-state index in [9.17, 15) is 4.79 Å². The molecule has 6 heteroatoms. The van der Waals surface area contributed by atoms with Crippen molar-refractivity contribution in [3.63, 3.8) is 0 Å². The van der Waals surface area contributed by atoms with Gasteiger partial charge >= 0.3 is 5.91 Å². The van der Waals surface area contributed by atoms with E-state index in [0.29, 0.717) is 5.76 Å². The molecule has 0 spiro atoms. The van der Waals surface area contributed by atoms with Crippen molar-refractivity contribution < 1.29 is 13.9 Å². The van der Waals surface area contributed by atoms with Crippen LogP contribution in [-0.4, -0.2) is 17.1 Å². The molecule has 0 fully saturated rings. The Hall–Kier alpha value is -3.93. The molecule has 2 aromatic carbocycles. The first-order valence-electron chi connectivity index (χ1n) is 10.3. The first-order valence-corrected chi connectivity index (χ1v) is 10.3. The highest BCUT2D eigenvalue weighted by atomic mass is 16.5. The van der Waals surface area contributed by atoms with Crippen LogP contribution in [0.3, 0.4) is 0 Å². The van der Waals surface area contributed by atoms with E-state index in [1.807, 2.05) is 36.4 Å². The molecule has 0 saturated heterocycles. The van der Waals surface area contributed by atoms with Crippen LogP contribution in [0.2, 0.25) is 0 Å². The number of fused-ring (bicyclic) bond motifs is 2. The topological polar surface area (TPSA) is 76.7 Å². The average molecular weight is 411 g/mol. The quantitative estimate of drug-likeness (QED) is 0.370. The molecule has 0 unspecified atom stereocenters. The van der Waals surface area contributed by atoms with Crippen molar-refractivity contribution in [1.29, 1.82) is 0 Å². The number of nitrogens with zero attached hydrogens (tertiary/aromatic N) is 2. The van der Waals surface area contributed by atoms with Gasteiger partial charge in [0.15, 0.2) is 5.76 Å². The summed E-state index contributed by atoms with van der Waals surface area (Å²) in [5.41, 5.74) is 6.91. The van der Waals surface area contributed by atoms with Crippen molar-refractivity contribution in [2.75, 3.05) is 0 Å². The van der Waals surface area contributed by atoms with Crippen molar-refractivity contribution in [2.45, 2.75) is 25.9 Å². The molecule has 2 heterocycles. The molecule has 1 N–H and O–H groups in total. The lowest BCUT2D eigenvalue weighted by Gasteiger charge is -2.06. The van der Waals surface area contributed by atoms with Gasteiger partial charge in [-0.3, -0.25) is 9.78 Å². The molecule has 1 aliphatic carbocycles. The van der Waals surface area contributed by atoms with E-state index in [2.05, 4.69) is 27.6 Å². The predicted octanol–water partition coefficient (Wildman–Crippen LogP) is 4.66. The van der Waals surface area contributed by atoms with Gasteiger partial charge in [-0.05, 0) is 60.7 Å². The largest absolute Gasteiger partial charge is 0.486 e. The molecule has 0 aliphatic heterocycles. The Morgan fingerprint density at radius 3 is 2.97 bits per heavy atom. The lowest BCUT2D eigenvalue weighted by molar-refractivity contribution is 0.0923. The van der Waals surface area contributed by atoms with Gasteiger partial charge in [-0.25, -0.2) is 5.43 Å². The van der Waals surface area contributed by atoms with Gasteiger partial charge in [0.1, 0.15) is 18.1 Å². The Kier molecular flexibility index (Phi) is 5.19. The number of para-hydroxylation sites is 1. The molecule has 4 aromatic rings. The predicted molar refractivity (Wildman–Crippen MR) is 118 cm³/mol. The molecule has 5 rings (SSSR count). The van der Waals surface area contributed by atoms with Crippen molar-refractivity contribution >= 4 is 23.0 Å². The van der Waals surface area contributed by atoms with Gasteiger partial charge in [-0.2, -0.15) is 5.10 Å². The summed E-state index contributed by atoms with van der Waals surface area (Å²) in [7, 11) is 0. The Morgan fingerprint density at radius 2 is 2.00 bits per heavy atom. The van der Waals surface area contributed by atoms with Crippen LogP contribution in [-0.2, 0) is 19.4 Å². The van der Waals surface area contributed by atoms with Crippen molar-refractivity contribution in [3.05, 3.63) is 95.1 Å². The summed E-state index contributed by atoms with van der Waals surface area (Å²) in [4.78, 5) is 16.7. The summed E-state index contributed by atoms with van der Waals surface area (Å²) < 4.78 is 11.4. The molecule has 0 bridgehead atoms. The highest BCUT2D eigenvalue weighted by molar-refractivity contribution is 5.98. The van der Waals surface area contributed by atoms with Gasteiger partial charge in [0.25, 0.3) is 0 Å². The summed E-state index contributed by atoms with van der Waals surface area (Å²) in [6, 6.07) is 19.2. The maximum atomic E-state index is 12.3. The number of aromatic nitrogens is 1. The summed E-state index contributed by atoms with van der Waals surface area (Å²) >= 11 is 0. The van der Waals surface area contributed by atoms with E-state index in [-0.39, 0.29) is 12.4 Å². The molecular weight excluding hydrogens is 390 g/mol. The number of furan rings is 1. The summed E-state index contributed by atoms with van der Waals surface area (Å²) in [6.45, 7) is 0.261. The molecular formula is C25H21N3O3. The first-order chi connectivity index (χ1) is 15.3. The normalized spacial score (nSPS) is 12.9. The van der Waals surface area contributed by atoms with Gasteiger partial charge < -0.3 is 9.15 Å². The van der Waals surface area contributed by atoms with Gasteiger partial charge in [0.2, 0.25) is 0 Å². The van der Waals surface area contributed by atoms with Gasteiger partial charge in [-0.15, -0.1) is 0 Å². The monoisotopic (exact) mass is 411 g/mol. The van der Waals surface area contributed by atoms with E-state index in [1.54, 1.807) is 24.5 Å². The molecule has 0 atom stereocenters. The number of nitrogens with one attached hydrogen (secondary N) is 1. The number of carbonyl (C=O) groups is 1. The second-order valence-electron chi connectivity index (χ2n) is 7.46. The number of hydrazone groups is 1. The average Bonchev–Trinajstić information content (AvgIpc) is 3.47. The SMILES string of the molecule is O=C(NN=Cc1cccc2cccnc12)c1ccc(COc2ccc3c(c2)CCC3)o1. The Balaban J connectivity index is 1.19. The third-order valence-electron chi connectivity index (χ3n) is 5.37. The second kappa shape index (κ2) is 8.44. The van der Waals surface area contributed by atoms with E-state index in [1.165, 1.54) is 17.5 Å². The number of pyridine rings is 1. The molecule has 154 valence electrons. The fourth-order valence-corrected chi connectivity index (χ4v) is 3.82. The molecule has 0 radical (unpaired) electrons. The van der Waals surface area contributed by atoms with Crippen molar-refractivity contribution in [3.8, 4) is 5.75 Å². The first kappa shape index (κ1) is 19.1. The Morgan fingerprint density at radius 1 is 1.10 bits per heavy atom. The lowest BCUT2D eigenvalue weighted by atomic mass is 10.1. The number of hydrogen-bond donors (Lipinski definition) is 1. The number of hydrogen-bond acceptors (Lipinski definition) is 5. The number of carbonyl (C=O) groups excluding carboxylic acids is 1. The van der Waals surface area contributed by atoms with E-state index >= 15 is 0 Å². The molecule has 1 aliphatic rings. The highest BCUT2D eigenvalue weighted by Crippen LogP contribution is 2.26. The van der Waals surface area contributed by atoms with Gasteiger partial charge in [0, 0.05) is 17.1 Å². The number of amides is 1. The van der Waals surface area contributed by atoms with Crippen LogP contribution in [0, 0.1) is 0 Å². The number of aryl methyl sites for hydroxylation is 2. The third kappa shape index (κ3) is 4.19. The summed E-state index contributed by atoms with van der Waals surface area (Å²) in [5, 5.41) is 5.06. The summed E-state index contributed by atoms with van der Waals surface area (Å²) in [6.07, 6.45) is 6.76. The minimum Gasteiger partial charge on any atom is -0.486 e. The van der Waals surface area contributed by atoms with Crippen LogP contribution in [0.5, 0.6) is 5.75 Å². The molecule has 1 amide bonds. The van der Waals surface area contributed by atoms with Crippen LogP contribution in [0.25, 0.3) is 10.9 Å². The molecule has 6 nitrogen and oxygen atoms in total. The molecule has 0 saturated carbocycles. The zero-order chi connectivity index (χ0) is 21.0. The second-order valence-corrected chi connectivity index (χ2v) is 7.46. The fraction of sp³-hybridized carbons (Fsp3) is 0.160. The van der Waals surface area contributed by atoms with Crippen LogP contribution in [0.15, 0.2) is 76.4 Å². The van der Waals surface area contributed by atoms with Crippen LogP contribution < -0.4 is 10.2 Å². The minimum atomic E-state index is -0.423. The molecule has 31 heavy (non-hydrogen) atoms. The fourth-order valence-electron chi connectivity index (χ4n) is 3.82. The van der Waals surface area contributed by atoms with E-state index < -0.39 is 5.91 Å². The van der Waals surface area contributed by atoms with Crippen LogP contribution in [0.4, 0.5) is 0 Å². The Bertz CT molecular complexity index is 1270. The zero-order valence-electron chi connectivity index (χ0n) is 16.9. The highest BCUT2D eigenvalue weighted by Gasteiger charge is 2.13. The van der Waals surface area contributed by atoms with Crippen LogP contribution >= 0.6 is 0 Å². The van der Waals surface area contributed by atoms with E-state index in [0.717, 1.165) is 35.1 Å². The smallest absolute Gasteiger partial charge is 0.307 e. The number of benzene rings is 2. The van der Waals surface area contributed by atoms with E-state index in [4.69, 9.17) is 9.15 Å². The van der Waals surface area contributed by atoms with Gasteiger partial charge in [0.05, 0.1) is 11.7 Å². The molecule has 2 aromatic heterocycles. The number of ether oxygens (including phenoxy) is 1. The zero-order valence-corrected chi connectivity index (χ0v) is 16.9. The minimum absolute atomic E-state index is 0.181. The summed E-state index contributed by atoms with van der Waals surface area (Å²) in [5.74, 6) is 1.15. The standard InChI is InChI=1S/C25H21N3O3/c29-25(28-27-15-20-7-2-5-18-8-3-13-26-24(18)20)23-12-11-22(31-23)16-30-21-10-9-17-4-1-6-19(17)14-21/h2-3,5,7-15H,1,4,6,16H2,(H,28,29). The third-order valence-corrected chi connectivity index (χ3v) is 5.37.